The third-order valence-electron chi connectivity index (χ3n) is 5.20. The molecule has 1 aromatic heterocycles. The van der Waals surface area contributed by atoms with Gasteiger partial charge in [0, 0.05) is 32.3 Å². The van der Waals surface area contributed by atoms with Crippen molar-refractivity contribution in [2.75, 3.05) is 0 Å². The normalized spacial score (nSPS) is 17.2. The highest BCUT2D eigenvalue weighted by Gasteiger charge is 2.31. The van der Waals surface area contributed by atoms with E-state index in [4.69, 9.17) is 4.42 Å². The number of furan rings is 1. The fourth-order valence-corrected chi connectivity index (χ4v) is 4.55. The summed E-state index contributed by atoms with van der Waals surface area (Å²) >= 11 is 3.59. The summed E-state index contributed by atoms with van der Waals surface area (Å²) < 4.78 is 7.10. The number of ketones is 1. The molecule has 122 valence electrons. The van der Waals surface area contributed by atoms with Gasteiger partial charge in [0.25, 0.3) is 0 Å². The van der Waals surface area contributed by atoms with Gasteiger partial charge in [0.1, 0.15) is 11.2 Å². The molecule has 0 radical (unpaired) electrons. The first-order valence-corrected chi connectivity index (χ1v) is 9.25. The smallest absolute Gasteiger partial charge is 0.170 e. The van der Waals surface area contributed by atoms with Crippen LogP contribution in [0.3, 0.4) is 0 Å². The van der Waals surface area contributed by atoms with Gasteiger partial charge in [-0.15, -0.1) is 0 Å². The zero-order valence-corrected chi connectivity index (χ0v) is 15.0. The fourth-order valence-electron chi connectivity index (χ4n) is 3.99. The molecule has 3 heteroatoms. The summed E-state index contributed by atoms with van der Waals surface area (Å²) in [5.74, 6) is 0.0976. The van der Waals surface area contributed by atoms with Crippen LogP contribution in [0.5, 0.6) is 0 Å². The van der Waals surface area contributed by atoms with E-state index in [1.807, 2.05) is 54.6 Å². The summed E-state index contributed by atoms with van der Waals surface area (Å²) in [7, 11) is 0. The molecule has 0 saturated carbocycles. The van der Waals surface area contributed by atoms with Gasteiger partial charge in [0.15, 0.2) is 5.78 Å². The van der Waals surface area contributed by atoms with Gasteiger partial charge < -0.3 is 4.42 Å². The van der Waals surface area contributed by atoms with Gasteiger partial charge in [-0.3, -0.25) is 4.79 Å². The van der Waals surface area contributed by atoms with E-state index < -0.39 is 0 Å². The highest BCUT2D eigenvalue weighted by atomic mass is 79.9. The number of hydrogen-bond acceptors (Lipinski definition) is 2. The second-order valence-corrected chi connectivity index (χ2v) is 7.40. The molecule has 0 N–H and O–H groups in total. The standard InChI is InChI=1S/C22H15BrO2/c23-19-7-3-1-5-13(19)15-9-12-18-16(21(15)24)10-11-17-14-6-2-4-8-20(14)25-22(17)18/h1-8,10-11,15H,9,12H2. The van der Waals surface area contributed by atoms with Gasteiger partial charge in [-0.2, -0.15) is 0 Å². The molecular formula is C22H15BrO2. The van der Waals surface area contributed by atoms with Gasteiger partial charge in [-0.25, -0.2) is 0 Å². The lowest BCUT2D eigenvalue weighted by atomic mass is 9.78. The number of aryl methyl sites for hydroxylation is 1. The molecule has 1 unspecified atom stereocenters. The van der Waals surface area contributed by atoms with Crippen LogP contribution in [0, 0.1) is 0 Å². The molecule has 1 aliphatic rings. The van der Waals surface area contributed by atoms with Crippen molar-refractivity contribution < 1.29 is 9.21 Å². The molecular weight excluding hydrogens is 376 g/mol. The number of para-hydroxylation sites is 1. The Labute approximate surface area is 153 Å². The topological polar surface area (TPSA) is 30.2 Å². The summed E-state index contributed by atoms with van der Waals surface area (Å²) in [6, 6.07) is 20.1. The fraction of sp³-hybridized carbons (Fsp3) is 0.136. The highest BCUT2D eigenvalue weighted by Crippen LogP contribution is 2.40. The number of halogens is 1. The SMILES string of the molecule is O=C1c2ccc3c(oc4ccccc43)c2CCC1c1ccccc1Br. The van der Waals surface area contributed by atoms with Crippen molar-refractivity contribution in [3.05, 3.63) is 81.8 Å². The van der Waals surface area contributed by atoms with E-state index in [9.17, 15) is 4.79 Å². The summed E-state index contributed by atoms with van der Waals surface area (Å²) in [6.45, 7) is 0. The Morgan fingerprint density at radius 2 is 1.72 bits per heavy atom. The zero-order valence-electron chi connectivity index (χ0n) is 13.5. The average molecular weight is 391 g/mol. The van der Waals surface area contributed by atoms with E-state index >= 15 is 0 Å². The van der Waals surface area contributed by atoms with Crippen LogP contribution < -0.4 is 0 Å². The molecule has 2 nitrogen and oxygen atoms in total. The molecule has 0 saturated heterocycles. The molecule has 1 aliphatic carbocycles. The van der Waals surface area contributed by atoms with E-state index in [0.717, 1.165) is 55.9 Å². The third kappa shape index (κ3) is 2.19. The maximum atomic E-state index is 13.2. The number of fused-ring (bicyclic) bond motifs is 5. The van der Waals surface area contributed by atoms with Crippen molar-refractivity contribution in [2.45, 2.75) is 18.8 Å². The van der Waals surface area contributed by atoms with Crippen molar-refractivity contribution in [2.24, 2.45) is 0 Å². The van der Waals surface area contributed by atoms with Crippen LogP contribution in [0.1, 0.15) is 33.8 Å². The Kier molecular flexibility index (Phi) is 3.32. The number of hydrogen-bond donors (Lipinski definition) is 0. The van der Waals surface area contributed by atoms with Gasteiger partial charge >= 0.3 is 0 Å². The number of Topliss-reactive ketones (excluding diaryl/α,β-unsaturated/α-hetero) is 1. The minimum atomic E-state index is -0.0927. The monoisotopic (exact) mass is 390 g/mol. The van der Waals surface area contributed by atoms with Crippen molar-refractivity contribution in [3.63, 3.8) is 0 Å². The largest absolute Gasteiger partial charge is 0.456 e. The van der Waals surface area contributed by atoms with Crippen molar-refractivity contribution in [1.29, 1.82) is 0 Å². The van der Waals surface area contributed by atoms with Crippen molar-refractivity contribution >= 4 is 43.7 Å². The molecule has 5 rings (SSSR count). The lowest BCUT2D eigenvalue weighted by Gasteiger charge is -2.24. The molecule has 0 bridgehead atoms. The Hall–Kier alpha value is -2.39. The molecule has 4 aromatic rings. The van der Waals surface area contributed by atoms with E-state index in [2.05, 4.69) is 22.0 Å². The van der Waals surface area contributed by atoms with Crippen LogP contribution in [-0.2, 0) is 6.42 Å². The number of carbonyl (C=O) groups excluding carboxylic acids is 1. The summed E-state index contributed by atoms with van der Waals surface area (Å²) in [6.07, 6.45) is 1.66. The highest BCUT2D eigenvalue weighted by molar-refractivity contribution is 9.10. The Bertz CT molecular complexity index is 1140. The Morgan fingerprint density at radius 3 is 2.60 bits per heavy atom. The predicted molar refractivity (Wildman–Crippen MR) is 103 cm³/mol. The predicted octanol–water partition coefficient (Wildman–Crippen LogP) is 6.26. The maximum Gasteiger partial charge on any atom is 0.170 e. The molecule has 3 aromatic carbocycles. The lowest BCUT2D eigenvalue weighted by Crippen LogP contribution is -2.21. The number of carbonyl (C=O) groups is 1. The summed E-state index contributed by atoms with van der Waals surface area (Å²) in [5, 5.41) is 2.21. The molecule has 0 amide bonds. The van der Waals surface area contributed by atoms with Gasteiger partial charge in [0.2, 0.25) is 0 Å². The first-order chi connectivity index (χ1) is 12.2. The van der Waals surface area contributed by atoms with E-state index in [1.54, 1.807) is 0 Å². The first-order valence-electron chi connectivity index (χ1n) is 8.46. The first kappa shape index (κ1) is 14.9. The van der Waals surface area contributed by atoms with Crippen LogP contribution in [0.15, 0.2) is 69.6 Å². The molecule has 1 heterocycles. The van der Waals surface area contributed by atoms with Gasteiger partial charge in [-0.05, 0) is 36.6 Å². The van der Waals surface area contributed by atoms with Crippen molar-refractivity contribution in [3.8, 4) is 0 Å². The Morgan fingerprint density at radius 1 is 0.920 bits per heavy atom. The van der Waals surface area contributed by atoms with Crippen LogP contribution in [-0.4, -0.2) is 5.78 Å². The minimum absolute atomic E-state index is 0.0927. The molecule has 1 atom stereocenters. The van der Waals surface area contributed by atoms with Crippen LogP contribution in [0.25, 0.3) is 21.9 Å². The third-order valence-corrected chi connectivity index (χ3v) is 5.92. The zero-order chi connectivity index (χ0) is 17.0. The second-order valence-electron chi connectivity index (χ2n) is 6.54. The van der Waals surface area contributed by atoms with Crippen LogP contribution >= 0.6 is 15.9 Å². The molecule has 0 aliphatic heterocycles. The van der Waals surface area contributed by atoms with Crippen LogP contribution in [0.4, 0.5) is 0 Å². The van der Waals surface area contributed by atoms with Gasteiger partial charge in [0.05, 0.1) is 0 Å². The van der Waals surface area contributed by atoms with Gasteiger partial charge in [-0.1, -0.05) is 58.4 Å². The quantitative estimate of drug-likeness (QED) is 0.383. The number of rotatable bonds is 1. The summed E-state index contributed by atoms with van der Waals surface area (Å²) in [5.41, 5.74) is 4.69. The maximum absolute atomic E-state index is 13.2. The molecule has 0 spiro atoms. The average Bonchev–Trinajstić information content (AvgIpc) is 3.02. The summed E-state index contributed by atoms with van der Waals surface area (Å²) in [4.78, 5) is 13.2. The second kappa shape index (κ2) is 5.57. The lowest BCUT2D eigenvalue weighted by molar-refractivity contribution is 0.0946. The van der Waals surface area contributed by atoms with E-state index in [-0.39, 0.29) is 11.7 Å². The minimum Gasteiger partial charge on any atom is -0.456 e. The van der Waals surface area contributed by atoms with E-state index in [1.165, 1.54) is 0 Å². The molecule has 25 heavy (non-hydrogen) atoms. The molecule has 0 fully saturated rings. The number of benzene rings is 3. The van der Waals surface area contributed by atoms with Crippen LogP contribution in [0.2, 0.25) is 0 Å². The van der Waals surface area contributed by atoms with Crippen molar-refractivity contribution in [1.82, 2.24) is 0 Å². The Balaban J connectivity index is 1.69. The van der Waals surface area contributed by atoms with E-state index in [0.29, 0.717) is 0 Å².